The molecule has 0 amide bonds. The van der Waals surface area contributed by atoms with E-state index in [1.807, 2.05) is 0 Å². The van der Waals surface area contributed by atoms with Crippen LogP contribution in [0.1, 0.15) is 12.5 Å². The van der Waals surface area contributed by atoms with Gasteiger partial charge in [-0.3, -0.25) is 4.68 Å². The third-order valence-corrected chi connectivity index (χ3v) is 4.03. The summed E-state index contributed by atoms with van der Waals surface area (Å²) in [5.74, 6) is 0.0144. The van der Waals surface area contributed by atoms with Gasteiger partial charge in [-0.05, 0) is 37.2 Å². The molecule has 124 valence electrons. The van der Waals surface area contributed by atoms with Crippen molar-refractivity contribution in [3.8, 4) is 17.0 Å². The van der Waals surface area contributed by atoms with E-state index in [0.717, 1.165) is 13.0 Å². The number of aliphatic hydroxyl groups is 1. The van der Waals surface area contributed by atoms with Crippen molar-refractivity contribution in [1.29, 1.82) is 0 Å². The number of benzene rings is 1. The smallest absolute Gasteiger partial charge is 0.387 e. The van der Waals surface area contributed by atoms with Gasteiger partial charge in [0.2, 0.25) is 0 Å². The number of nitrogens with one attached hydrogen (secondary N) is 1. The van der Waals surface area contributed by atoms with Crippen LogP contribution in [0.2, 0.25) is 5.02 Å². The molecule has 3 rings (SSSR count). The van der Waals surface area contributed by atoms with Crippen LogP contribution < -0.4 is 10.1 Å². The van der Waals surface area contributed by atoms with Crippen LogP contribution in [0, 0.1) is 0 Å². The van der Waals surface area contributed by atoms with Crippen molar-refractivity contribution in [2.45, 2.75) is 25.2 Å². The molecule has 5 nitrogen and oxygen atoms in total. The predicted octanol–water partition coefficient (Wildman–Crippen LogP) is 2.70. The highest BCUT2D eigenvalue weighted by Crippen LogP contribution is 2.33. The zero-order chi connectivity index (χ0) is 16.4. The lowest BCUT2D eigenvalue weighted by molar-refractivity contribution is -0.0494. The van der Waals surface area contributed by atoms with Crippen LogP contribution in [0.15, 0.2) is 30.5 Å². The Kier molecular flexibility index (Phi) is 4.79. The van der Waals surface area contributed by atoms with Crippen molar-refractivity contribution in [3.05, 3.63) is 35.5 Å². The Hall–Kier alpha value is -1.70. The maximum absolute atomic E-state index is 12.5. The van der Waals surface area contributed by atoms with Gasteiger partial charge in [-0.15, -0.1) is 0 Å². The predicted molar refractivity (Wildman–Crippen MR) is 81.8 cm³/mol. The Balaban J connectivity index is 1.92. The molecule has 1 aromatic carbocycles. The first-order valence-electron chi connectivity index (χ1n) is 7.23. The summed E-state index contributed by atoms with van der Waals surface area (Å²) in [6.07, 6.45) is 1.91. The molecule has 0 radical (unpaired) electrons. The molecular weight excluding hydrogens is 328 g/mol. The number of piperidine rings is 1. The van der Waals surface area contributed by atoms with E-state index in [2.05, 4.69) is 15.2 Å². The normalized spacial score (nSPS) is 21.6. The average molecular weight is 344 g/mol. The Morgan fingerprint density at radius 1 is 1.39 bits per heavy atom. The fourth-order valence-electron chi connectivity index (χ4n) is 2.70. The van der Waals surface area contributed by atoms with Crippen LogP contribution in [0.4, 0.5) is 8.78 Å². The van der Waals surface area contributed by atoms with Gasteiger partial charge in [-0.25, -0.2) is 0 Å². The van der Waals surface area contributed by atoms with Crippen LogP contribution in [-0.2, 0) is 0 Å². The largest absolute Gasteiger partial charge is 0.434 e. The van der Waals surface area contributed by atoms with Crippen molar-refractivity contribution < 1.29 is 18.6 Å². The van der Waals surface area contributed by atoms with Gasteiger partial charge < -0.3 is 15.2 Å². The first-order chi connectivity index (χ1) is 11.0. The highest BCUT2D eigenvalue weighted by atomic mass is 35.5. The molecule has 2 atom stereocenters. The molecule has 1 aromatic heterocycles. The average Bonchev–Trinajstić information content (AvgIpc) is 2.98. The van der Waals surface area contributed by atoms with Gasteiger partial charge in [0.05, 0.1) is 17.8 Å². The topological polar surface area (TPSA) is 59.3 Å². The van der Waals surface area contributed by atoms with E-state index in [9.17, 15) is 13.9 Å². The van der Waals surface area contributed by atoms with E-state index in [1.54, 1.807) is 16.9 Å². The molecule has 2 heterocycles. The summed E-state index contributed by atoms with van der Waals surface area (Å²) < 4.78 is 31.3. The summed E-state index contributed by atoms with van der Waals surface area (Å²) in [5.41, 5.74) is 0.855. The number of nitrogens with zero attached hydrogens (tertiary/aromatic N) is 2. The van der Waals surface area contributed by atoms with Crippen molar-refractivity contribution in [2.75, 3.05) is 13.1 Å². The monoisotopic (exact) mass is 343 g/mol. The summed E-state index contributed by atoms with van der Waals surface area (Å²) in [4.78, 5) is 0. The molecule has 1 saturated heterocycles. The van der Waals surface area contributed by atoms with Crippen LogP contribution in [-0.4, -0.2) is 40.7 Å². The quantitative estimate of drug-likeness (QED) is 0.896. The number of halogens is 3. The highest BCUT2D eigenvalue weighted by Gasteiger charge is 2.25. The molecule has 0 aliphatic carbocycles. The fourth-order valence-corrected chi connectivity index (χ4v) is 2.88. The van der Waals surface area contributed by atoms with Crippen molar-refractivity contribution >= 4 is 11.6 Å². The number of β-amino-alcohol motifs (C(OH)–C–C–N with tert-alkyl or cyclic N) is 1. The molecule has 0 unspecified atom stereocenters. The summed E-state index contributed by atoms with van der Waals surface area (Å²) >= 11 is 5.96. The molecule has 8 heteroatoms. The van der Waals surface area contributed by atoms with E-state index >= 15 is 0 Å². The first-order valence-corrected chi connectivity index (χ1v) is 7.61. The molecule has 1 aliphatic heterocycles. The number of hydrogen-bond acceptors (Lipinski definition) is 4. The molecule has 0 spiro atoms. The molecule has 0 bridgehead atoms. The minimum Gasteiger partial charge on any atom is -0.434 e. The molecule has 1 fully saturated rings. The van der Waals surface area contributed by atoms with Crippen molar-refractivity contribution in [2.24, 2.45) is 0 Å². The molecule has 2 aromatic rings. The van der Waals surface area contributed by atoms with Crippen molar-refractivity contribution in [1.82, 2.24) is 15.1 Å². The van der Waals surface area contributed by atoms with Gasteiger partial charge in [0, 0.05) is 23.3 Å². The van der Waals surface area contributed by atoms with Gasteiger partial charge in [-0.1, -0.05) is 11.6 Å². The van der Waals surface area contributed by atoms with E-state index in [-0.39, 0.29) is 11.8 Å². The number of aromatic nitrogens is 2. The first kappa shape index (κ1) is 16.2. The van der Waals surface area contributed by atoms with Crippen LogP contribution >= 0.6 is 11.6 Å². The summed E-state index contributed by atoms with van der Waals surface area (Å²) in [7, 11) is 0. The number of ether oxygens (including phenoxy) is 1. The molecule has 2 N–H and O–H groups in total. The Morgan fingerprint density at radius 2 is 2.22 bits per heavy atom. The van der Waals surface area contributed by atoms with Crippen LogP contribution in [0.5, 0.6) is 5.75 Å². The lowest BCUT2D eigenvalue weighted by Crippen LogP contribution is -2.41. The number of alkyl halides is 2. The maximum atomic E-state index is 12.5. The second kappa shape index (κ2) is 6.82. The Labute approximate surface area is 136 Å². The van der Waals surface area contributed by atoms with Gasteiger partial charge in [0.1, 0.15) is 5.75 Å². The maximum Gasteiger partial charge on any atom is 0.387 e. The zero-order valence-corrected chi connectivity index (χ0v) is 12.9. The van der Waals surface area contributed by atoms with Crippen LogP contribution in [0.25, 0.3) is 11.3 Å². The zero-order valence-electron chi connectivity index (χ0n) is 12.1. The fraction of sp³-hybridized carbons (Fsp3) is 0.400. The van der Waals surface area contributed by atoms with Gasteiger partial charge in [0.25, 0.3) is 0 Å². The van der Waals surface area contributed by atoms with E-state index < -0.39 is 12.7 Å². The Morgan fingerprint density at radius 3 is 2.96 bits per heavy atom. The lowest BCUT2D eigenvalue weighted by Gasteiger charge is -2.28. The minimum atomic E-state index is -2.93. The van der Waals surface area contributed by atoms with Crippen LogP contribution in [0.3, 0.4) is 0 Å². The number of hydrogen-bond donors (Lipinski definition) is 2. The molecule has 1 aliphatic rings. The van der Waals surface area contributed by atoms with Gasteiger partial charge in [0.15, 0.2) is 0 Å². The number of aliphatic hydroxyl groups excluding tert-OH is 1. The standard InChI is InChI=1S/C15H16ClF2N3O2/c16-9-1-2-14(23-15(17)18)10(7-9)11-4-6-21(20-11)12-3-5-19-8-13(12)22/h1-2,4,6-7,12-13,15,19,22H,3,5,8H2/t12-,13-/m0/s1. The molecular formula is C15H16ClF2N3O2. The third-order valence-electron chi connectivity index (χ3n) is 3.80. The molecule has 23 heavy (non-hydrogen) atoms. The SMILES string of the molecule is O[C@H]1CNCC[C@@H]1n1ccc(-c2cc(Cl)ccc2OC(F)F)n1. The third kappa shape index (κ3) is 3.63. The van der Waals surface area contributed by atoms with E-state index in [0.29, 0.717) is 22.8 Å². The summed E-state index contributed by atoms with van der Waals surface area (Å²) in [5, 5.41) is 18.0. The van der Waals surface area contributed by atoms with Crippen molar-refractivity contribution in [3.63, 3.8) is 0 Å². The summed E-state index contributed by atoms with van der Waals surface area (Å²) in [6, 6.07) is 5.95. The number of rotatable bonds is 4. The molecule has 0 saturated carbocycles. The highest BCUT2D eigenvalue weighted by molar-refractivity contribution is 6.30. The summed E-state index contributed by atoms with van der Waals surface area (Å²) in [6.45, 7) is -1.65. The Bertz CT molecular complexity index is 680. The van der Waals surface area contributed by atoms with Gasteiger partial charge >= 0.3 is 6.61 Å². The minimum absolute atomic E-state index is 0.0144. The van der Waals surface area contributed by atoms with E-state index in [4.69, 9.17) is 11.6 Å². The second-order valence-corrected chi connectivity index (χ2v) is 5.76. The lowest BCUT2D eigenvalue weighted by atomic mass is 10.0. The van der Waals surface area contributed by atoms with E-state index in [1.165, 1.54) is 18.2 Å². The second-order valence-electron chi connectivity index (χ2n) is 5.33. The van der Waals surface area contributed by atoms with Gasteiger partial charge in [-0.2, -0.15) is 13.9 Å².